The predicted molar refractivity (Wildman–Crippen MR) is 262 cm³/mol. The number of carboxylic acid groups (broad SMARTS) is 1. The number of carbonyl (C=O) groups is 4. The lowest BCUT2D eigenvalue weighted by Crippen LogP contribution is -2.42. The number of imidazole rings is 2. The third-order valence-corrected chi connectivity index (χ3v) is 15.1. The second kappa shape index (κ2) is 19.9. The van der Waals surface area contributed by atoms with Crippen LogP contribution in [-0.2, 0) is 44.7 Å². The molecule has 0 saturated heterocycles. The molecule has 4 heterocycles. The number of nitrogens with zero attached hydrogens (tertiary/aromatic N) is 6. The third kappa shape index (κ3) is 9.04. The summed E-state index contributed by atoms with van der Waals surface area (Å²) in [6, 6.07) is 29.6. The molecule has 2 atom stereocenters. The van der Waals surface area contributed by atoms with Gasteiger partial charge in [0.15, 0.2) is 0 Å². The van der Waals surface area contributed by atoms with Crippen molar-refractivity contribution in [1.29, 1.82) is 0 Å². The maximum absolute atomic E-state index is 12.6. The zero-order valence-electron chi connectivity index (χ0n) is 39.6. The first-order valence-corrected chi connectivity index (χ1v) is 24.3. The number of carboxylic acids is 1. The van der Waals surface area contributed by atoms with Crippen molar-refractivity contribution in [3.63, 3.8) is 0 Å². The molecule has 356 valence electrons. The molecule has 2 aliphatic carbocycles. The first-order valence-electron chi connectivity index (χ1n) is 24.3. The number of benzene rings is 4. The van der Waals surface area contributed by atoms with E-state index in [9.17, 15) is 24.3 Å². The van der Waals surface area contributed by atoms with E-state index < -0.39 is 5.97 Å². The van der Waals surface area contributed by atoms with Crippen LogP contribution in [0.15, 0.2) is 84.9 Å². The summed E-state index contributed by atoms with van der Waals surface area (Å²) in [5, 5.41) is 9.46. The summed E-state index contributed by atoms with van der Waals surface area (Å²) in [5.74, 6) is 0.851. The molecule has 10 rings (SSSR count). The average Bonchev–Trinajstić information content (AvgIpc) is 3.92. The van der Waals surface area contributed by atoms with Gasteiger partial charge in [-0.3, -0.25) is 19.4 Å². The molecule has 0 radical (unpaired) electrons. The number of hydrogen-bond donors (Lipinski definition) is 2. The van der Waals surface area contributed by atoms with Crippen LogP contribution in [0.3, 0.4) is 0 Å². The molecule has 4 aromatic carbocycles. The summed E-state index contributed by atoms with van der Waals surface area (Å²) in [5.41, 5.74) is 16.1. The number of aromatic nitrogens is 4. The zero-order valence-corrected chi connectivity index (χ0v) is 39.6. The maximum atomic E-state index is 12.6. The van der Waals surface area contributed by atoms with E-state index in [4.69, 9.17) is 25.2 Å². The molecule has 6 aromatic rings. The largest absolute Gasteiger partial charge is 0.481 e. The van der Waals surface area contributed by atoms with Crippen LogP contribution in [0.2, 0.25) is 0 Å². The van der Waals surface area contributed by atoms with Gasteiger partial charge in [0.2, 0.25) is 5.91 Å². The quantitative estimate of drug-likeness (QED) is 0.151. The van der Waals surface area contributed by atoms with E-state index in [1.165, 1.54) is 25.3 Å². The van der Waals surface area contributed by atoms with Gasteiger partial charge in [0.05, 0.1) is 53.6 Å². The lowest BCUT2D eigenvalue weighted by atomic mass is 9.85. The number of aliphatic carboxylic acids is 1. The molecule has 2 aliphatic heterocycles. The molecule has 68 heavy (non-hydrogen) atoms. The van der Waals surface area contributed by atoms with Crippen LogP contribution in [0.25, 0.3) is 22.1 Å². The Labute approximate surface area is 397 Å². The van der Waals surface area contributed by atoms with E-state index in [0.717, 1.165) is 127 Å². The SMILES string of the molecule is COC(=O)N1c2ccc3c(nc(Cc4ccccc4)n3C3CCC(C(=O)O)CC3)c2CC[C@@H]1C.COC(=O)N1c2ccc3c(nc(Cc4ccccc4)n3C3CCC(C(N)=O)CC3)c2CC[C@@H]1C. The van der Waals surface area contributed by atoms with Gasteiger partial charge >= 0.3 is 18.2 Å². The van der Waals surface area contributed by atoms with Gasteiger partial charge in [0.1, 0.15) is 11.6 Å². The maximum Gasteiger partial charge on any atom is 0.414 e. The molecule has 0 spiro atoms. The molecule has 0 bridgehead atoms. The number of methoxy groups -OCH3 is 2. The molecular formula is C54H63N7O7. The molecule has 2 aromatic heterocycles. The van der Waals surface area contributed by atoms with Gasteiger partial charge in [-0.2, -0.15) is 0 Å². The topological polar surface area (TPSA) is 175 Å². The highest BCUT2D eigenvalue weighted by atomic mass is 16.5. The number of aryl methyl sites for hydroxylation is 2. The van der Waals surface area contributed by atoms with Crippen LogP contribution in [0.4, 0.5) is 21.0 Å². The van der Waals surface area contributed by atoms with Crippen molar-refractivity contribution in [1.82, 2.24) is 19.1 Å². The van der Waals surface area contributed by atoms with Crippen LogP contribution in [-0.4, -0.2) is 74.6 Å². The summed E-state index contributed by atoms with van der Waals surface area (Å²) in [4.78, 5) is 62.2. The second-order valence-corrected chi connectivity index (χ2v) is 19.2. The number of amides is 3. The van der Waals surface area contributed by atoms with E-state index in [-0.39, 0.29) is 54.1 Å². The Morgan fingerprint density at radius 3 is 1.34 bits per heavy atom. The number of nitrogens with two attached hydrogens (primary N) is 1. The fourth-order valence-electron chi connectivity index (χ4n) is 11.5. The van der Waals surface area contributed by atoms with Crippen LogP contribution in [0.1, 0.15) is 124 Å². The highest BCUT2D eigenvalue weighted by molar-refractivity contribution is 5.96. The summed E-state index contributed by atoms with van der Waals surface area (Å²) in [6.07, 6.45) is 10.7. The minimum Gasteiger partial charge on any atom is -0.481 e. The molecular weight excluding hydrogens is 859 g/mol. The Hall–Kier alpha value is -6.70. The van der Waals surface area contributed by atoms with Crippen molar-refractivity contribution in [2.75, 3.05) is 24.0 Å². The minimum atomic E-state index is -0.690. The summed E-state index contributed by atoms with van der Waals surface area (Å²) in [7, 11) is 2.85. The molecule has 4 aliphatic rings. The normalized spacial score (nSPS) is 22.4. The number of ether oxygens (including phenoxy) is 2. The van der Waals surface area contributed by atoms with Crippen molar-refractivity contribution >= 4 is 57.5 Å². The van der Waals surface area contributed by atoms with Gasteiger partial charge in [0.25, 0.3) is 0 Å². The van der Waals surface area contributed by atoms with Gasteiger partial charge < -0.3 is 29.4 Å². The summed E-state index contributed by atoms with van der Waals surface area (Å²) in [6.45, 7) is 4.10. The number of rotatable bonds is 8. The van der Waals surface area contributed by atoms with Crippen molar-refractivity contribution in [3.05, 3.63) is 119 Å². The van der Waals surface area contributed by atoms with Gasteiger partial charge in [-0.25, -0.2) is 19.6 Å². The predicted octanol–water partition coefficient (Wildman–Crippen LogP) is 10.1. The summed E-state index contributed by atoms with van der Waals surface area (Å²) < 4.78 is 14.9. The minimum absolute atomic E-state index is 0.0357. The fraction of sp³-hybridized carbons (Fsp3) is 0.444. The van der Waals surface area contributed by atoms with Gasteiger partial charge in [-0.1, -0.05) is 60.7 Å². The average molecular weight is 922 g/mol. The Morgan fingerprint density at radius 2 is 0.971 bits per heavy atom. The third-order valence-electron chi connectivity index (χ3n) is 15.1. The van der Waals surface area contributed by atoms with Gasteiger partial charge in [0, 0.05) is 54.1 Å². The second-order valence-electron chi connectivity index (χ2n) is 19.2. The summed E-state index contributed by atoms with van der Waals surface area (Å²) >= 11 is 0. The van der Waals surface area contributed by atoms with Crippen LogP contribution < -0.4 is 15.5 Å². The van der Waals surface area contributed by atoms with E-state index in [2.05, 4.69) is 64.6 Å². The standard InChI is InChI=1S/C27H32N4O3.C27H31N3O4/c1-17-8-13-21-22(30(17)27(33)34-2)14-15-23-25(21)29-24(16-18-6-4-3-5-7-18)31(23)20-11-9-19(10-12-20)26(28)32;1-17-8-13-21-22(29(17)27(33)34-2)14-15-23-25(21)28-24(16-18-6-4-3-5-7-18)30(23)20-11-9-19(10-12-20)26(31)32/h3-7,14-15,17,19-20H,8-13,16H2,1-2H3,(H2,28,32);3-7,14-15,17,19-20H,8-13,16H2,1-2H3,(H,31,32)/t2*17-,19?,20?/m00/s1. The molecule has 14 heteroatoms. The zero-order chi connectivity index (χ0) is 47.6. The highest BCUT2D eigenvalue weighted by Crippen LogP contribution is 2.43. The van der Waals surface area contributed by atoms with Crippen LogP contribution in [0, 0.1) is 11.8 Å². The van der Waals surface area contributed by atoms with Crippen molar-refractivity contribution < 1.29 is 33.8 Å². The van der Waals surface area contributed by atoms with Gasteiger partial charge in [-0.15, -0.1) is 0 Å². The molecule has 3 N–H and O–H groups in total. The monoisotopic (exact) mass is 921 g/mol. The highest BCUT2D eigenvalue weighted by Gasteiger charge is 2.36. The Kier molecular flexibility index (Phi) is 13.6. The van der Waals surface area contributed by atoms with Crippen molar-refractivity contribution in [2.45, 2.75) is 128 Å². The molecule has 0 unspecified atom stereocenters. The van der Waals surface area contributed by atoms with E-state index in [0.29, 0.717) is 19.3 Å². The lowest BCUT2D eigenvalue weighted by Gasteiger charge is -2.34. The van der Waals surface area contributed by atoms with Crippen LogP contribution in [0.5, 0.6) is 0 Å². The number of primary amides is 1. The fourth-order valence-corrected chi connectivity index (χ4v) is 11.5. The van der Waals surface area contributed by atoms with Crippen molar-refractivity contribution in [2.24, 2.45) is 17.6 Å². The first-order chi connectivity index (χ1) is 32.9. The number of fused-ring (bicyclic) bond motifs is 6. The molecule has 2 fully saturated rings. The van der Waals surface area contributed by atoms with E-state index in [1.54, 1.807) is 9.80 Å². The van der Waals surface area contributed by atoms with E-state index in [1.807, 2.05) is 43.3 Å². The van der Waals surface area contributed by atoms with Gasteiger partial charge in [-0.05, 0) is 126 Å². The Morgan fingerprint density at radius 1 is 0.574 bits per heavy atom. The number of carbonyl (C=O) groups excluding carboxylic acids is 3. The molecule has 2 saturated carbocycles. The smallest absolute Gasteiger partial charge is 0.414 e. The molecule has 3 amide bonds. The van der Waals surface area contributed by atoms with E-state index >= 15 is 0 Å². The first kappa shape index (κ1) is 46.4. The Bertz CT molecular complexity index is 2610. The number of hydrogen-bond acceptors (Lipinski definition) is 8. The van der Waals surface area contributed by atoms with Crippen LogP contribution >= 0.6 is 0 Å². The Balaban J connectivity index is 0.000000170. The molecule has 14 nitrogen and oxygen atoms in total. The lowest BCUT2D eigenvalue weighted by molar-refractivity contribution is -0.143. The van der Waals surface area contributed by atoms with Crippen molar-refractivity contribution in [3.8, 4) is 0 Å². The number of anilines is 2.